The number of carbonyl (C=O) groups excluding carboxylic acids is 3. The molecule has 0 aliphatic carbocycles. The molecule has 4 unspecified atom stereocenters. The molecule has 0 spiro atoms. The molecule has 1 rings (SSSR count). The first-order valence-corrected chi connectivity index (χ1v) is 11.2. The molecule has 0 aromatic carbocycles. The van der Waals surface area contributed by atoms with Gasteiger partial charge in [0.15, 0.2) is 0 Å². The van der Waals surface area contributed by atoms with E-state index in [2.05, 4.69) is 38.5 Å². The topological polar surface area (TPSA) is 179 Å². The number of thiol groups is 1. The van der Waals surface area contributed by atoms with Crippen LogP contribution in [-0.2, 0) is 25.6 Å². The Kier molecular flexibility index (Phi) is 11.3. The van der Waals surface area contributed by atoms with E-state index in [9.17, 15) is 19.2 Å². The van der Waals surface area contributed by atoms with Gasteiger partial charge in [-0.1, -0.05) is 0 Å². The predicted octanol–water partition coefficient (Wildman–Crippen LogP) is -1.48. The summed E-state index contributed by atoms with van der Waals surface area (Å²) in [5, 5.41) is 16.3. The molecule has 7 N–H and O–H groups in total. The van der Waals surface area contributed by atoms with Crippen molar-refractivity contribution >= 4 is 48.1 Å². The van der Waals surface area contributed by atoms with Gasteiger partial charge in [0.25, 0.3) is 0 Å². The van der Waals surface area contributed by atoms with E-state index in [1.807, 2.05) is 6.26 Å². The summed E-state index contributed by atoms with van der Waals surface area (Å²) in [6, 6.07) is -3.99. The molecule has 30 heavy (non-hydrogen) atoms. The second-order valence-electron chi connectivity index (χ2n) is 6.54. The minimum Gasteiger partial charge on any atom is -0.480 e. The van der Waals surface area contributed by atoms with Crippen molar-refractivity contribution in [3.63, 3.8) is 0 Å². The molecule has 4 atom stereocenters. The van der Waals surface area contributed by atoms with Crippen LogP contribution in [0.3, 0.4) is 0 Å². The van der Waals surface area contributed by atoms with Gasteiger partial charge in [-0.25, -0.2) is 4.98 Å². The van der Waals surface area contributed by atoms with Gasteiger partial charge in [-0.3, -0.25) is 19.2 Å². The number of carboxylic acid groups (broad SMARTS) is 1. The van der Waals surface area contributed by atoms with Crippen LogP contribution >= 0.6 is 24.4 Å². The van der Waals surface area contributed by atoms with Gasteiger partial charge in [0.05, 0.1) is 12.4 Å². The molecule has 3 amide bonds. The molecule has 0 radical (unpaired) electrons. The van der Waals surface area contributed by atoms with Crippen molar-refractivity contribution in [2.45, 2.75) is 43.9 Å². The summed E-state index contributed by atoms with van der Waals surface area (Å²) in [4.78, 5) is 55.0. The molecule has 1 aromatic heterocycles. The summed E-state index contributed by atoms with van der Waals surface area (Å²) < 4.78 is 0. The Labute approximate surface area is 184 Å². The SMILES string of the molecule is CSCCC(NC(=O)C(N)Cc1cnc[nH]1)C(=O)NC(CS)C(=O)NC(C)C(=O)O. The average Bonchev–Trinajstić information content (AvgIpc) is 3.21. The van der Waals surface area contributed by atoms with E-state index in [4.69, 9.17) is 10.8 Å². The maximum Gasteiger partial charge on any atom is 0.325 e. The fraction of sp³-hybridized carbons (Fsp3) is 0.588. The molecule has 0 aliphatic rings. The molecule has 168 valence electrons. The van der Waals surface area contributed by atoms with Crippen LogP contribution in [-0.4, -0.2) is 80.7 Å². The number of hydrogen-bond donors (Lipinski definition) is 7. The van der Waals surface area contributed by atoms with Crippen molar-refractivity contribution in [1.82, 2.24) is 25.9 Å². The molecule has 1 aromatic rings. The minimum atomic E-state index is -1.20. The minimum absolute atomic E-state index is 0.0492. The summed E-state index contributed by atoms with van der Waals surface area (Å²) in [6.07, 6.45) is 5.43. The number of H-pyrrole nitrogens is 1. The number of nitrogens with zero attached hydrogens (tertiary/aromatic N) is 1. The number of amides is 3. The van der Waals surface area contributed by atoms with Crippen molar-refractivity contribution in [2.75, 3.05) is 17.8 Å². The van der Waals surface area contributed by atoms with E-state index < -0.39 is 47.9 Å². The van der Waals surface area contributed by atoms with Crippen molar-refractivity contribution in [2.24, 2.45) is 5.73 Å². The van der Waals surface area contributed by atoms with Gasteiger partial charge in [-0.2, -0.15) is 24.4 Å². The van der Waals surface area contributed by atoms with Crippen LogP contribution in [0.15, 0.2) is 12.5 Å². The van der Waals surface area contributed by atoms with Crippen molar-refractivity contribution in [1.29, 1.82) is 0 Å². The van der Waals surface area contributed by atoms with Crippen LogP contribution in [0.5, 0.6) is 0 Å². The molecular weight excluding hydrogens is 432 g/mol. The third-order valence-corrected chi connectivity index (χ3v) is 5.13. The number of imidazole rings is 1. The largest absolute Gasteiger partial charge is 0.480 e. The van der Waals surface area contributed by atoms with Gasteiger partial charge in [0.1, 0.15) is 18.1 Å². The van der Waals surface area contributed by atoms with Crippen LogP contribution in [0.2, 0.25) is 0 Å². The molecule has 1 heterocycles. The summed E-state index contributed by atoms with van der Waals surface area (Å²) >= 11 is 5.54. The third kappa shape index (κ3) is 8.63. The van der Waals surface area contributed by atoms with Crippen molar-refractivity contribution in [3.05, 3.63) is 18.2 Å². The third-order valence-electron chi connectivity index (χ3n) is 4.12. The van der Waals surface area contributed by atoms with Crippen LogP contribution in [0.4, 0.5) is 0 Å². The standard InChI is InChI=1S/C17H28N6O5S2/c1-9(17(27)28)21-16(26)13(7-29)23-15(25)12(3-4-30-2)22-14(24)11(18)5-10-6-19-8-20-10/h6,8-9,11-13,29H,3-5,7,18H2,1-2H3,(H,19,20)(H,21,26)(H,22,24)(H,23,25)(H,27,28). The number of aliphatic carboxylic acids is 1. The number of rotatable bonds is 13. The number of carboxylic acids is 1. The second-order valence-corrected chi connectivity index (χ2v) is 7.89. The van der Waals surface area contributed by atoms with Gasteiger partial charge in [0, 0.05) is 24.1 Å². The highest BCUT2D eigenvalue weighted by Gasteiger charge is 2.28. The zero-order chi connectivity index (χ0) is 22.7. The quantitative estimate of drug-likeness (QED) is 0.174. The second kappa shape index (κ2) is 13.1. The normalized spacial score (nSPS) is 14.8. The highest BCUT2D eigenvalue weighted by Crippen LogP contribution is 2.04. The number of carbonyl (C=O) groups is 4. The average molecular weight is 461 g/mol. The molecule has 0 aliphatic heterocycles. The Morgan fingerprint density at radius 3 is 2.37 bits per heavy atom. The molecule has 13 heteroatoms. The summed E-state index contributed by atoms with van der Waals surface area (Å²) in [7, 11) is 0. The van der Waals surface area contributed by atoms with E-state index in [0.717, 1.165) is 0 Å². The number of nitrogens with two attached hydrogens (primary N) is 1. The van der Waals surface area contributed by atoms with E-state index in [0.29, 0.717) is 17.9 Å². The van der Waals surface area contributed by atoms with E-state index in [1.54, 1.807) is 6.20 Å². The molecular formula is C17H28N6O5S2. The maximum absolute atomic E-state index is 12.7. The zero-order valence-electron chi connectivity index (χ0n) is 16.8. The lowest BCUT2D eigenvalue weighted by Gasteiger charge is -2.23. The van der Waals surface area contributed by atoms with E-state index >= 15 is 0 Å². The maximum atomic E-state index is 12.7. The first-order chi connectivity index (χ1) is 14.2. The summed E-state index contributed by atoms with van der Waals surface area (Å²) in [6.45, 7) is 1.31. The Morgan fingerprint density at radius 1 is 1.20 bits per heavy atom. The molecule has 0 bridgehead atoms. The van der Waals surface area contributed by atoms with E-state index in [1.165, 1.54) is 25.0 Å². The summed E-state index contributed by atoms with van der Waals surface area (Å²) in [5.41, 5.74) is 6.60. The van der Waals surface area contributed by atoms with Crippen LogP contribution < -0.4 is 21.7 Å². The van der Waals surface area contributed by atoms with Gasteiger partial charge < -0.3 is 31.8 Å². The fourth-order valence-corrected chi connectivity index (χ4v) is 3.08. The highest BCUT2D eigenvalue weighted by atomic mass is 32.2. The van der Waals surface area contributed by atoms with Gasteiger partial charge >= 0.3 is 5.97 Å². The van der Waals surface area contributed by atoms with Gasteiger partial charge in [-0.15, -0.1) is 0 Å². The Morgan fingerprint density at radius 2 is 1.83 bits per heavy atom. The number of thioether (sulfide) groups is 1. The molecule has 0 saturated carbocycles. The van der Waals surface area contributed by atoms with E-state index in [-0.39, 0.29) is 12.2 Å². The van der Waals surface area contributed by atoms with Crippen molar-refractivity contribution < 1.29 is 24.3 Å². The lowest BCUT2D eigenvalue weighted by molar-refractivity contribution is -0.141. The Balaban J connectivity index is 2.74. The van der Waals surface area contributed by atoms with Crippen LogP contribution in [0.1, 0.15) is 19.0 Å². The molecule has 0 saturated heterocycles. The number of aromatic amines is 1. The predicted molar refractivity (Wildman–Crippen MR) is 116 cm³/mol. The smallest absolute Gasteiger partial charge is 0.325 e. The lowest BCUT2D eigenvalue weighted by atomic mass is 10.1. The van der Waals surface area contributed by atoms with Gasteiger partial charge in [0.2, 0.25) is 17.7 Å². The zero-order valence-corrected chi connectivity index (χ0v) is 18.5. The lowest BCUT2D eigenvalue weighted by Crippen LogP contribution is -2.57. The molecule has 11 nitrogen and oxygen atoms in total. The number of aromatic nitrogens is 2. The summed E-state index contributed by atoms with van der Waals surface area (Å²) in [5.74, 6) is -2.45. The van der Waals surface area contributed by atoms with Crippen LogP contribution in [0, 0.1) is 0 Å². The highest BCUT2D eigenvalue weighted by molar-refractivity contribution is 7.98. The number of hydrogen-bond acceptors (Lipinski definition) is 8. The van der Waals surface area contributed by atoms with Crippen LogP contribution in [0.25, 0.3) is 0 Å². The Bertz CT molecular complexity index is 718. The first-order valence-electron chi connectivity index (χ1n) is 9.16. The first kappa shape index (κ1) is 25.8. The van der Waals surface area contributed by atoms with Gasteiger partial charge in [-0.05, 0) is 25.4 Å². The fourth-order valence-electron chi connectivity index (χ4n) is 2.35. The van der Waals surface area contributed by atoms with Crippen molar-refractivity contribution in [3.8, 4) is 0 Å². The Hall–Kier alpha value is -2.25. The monoisotopic (exact) mass is 460 g/mol. The molecule has 0 fully saturated rings. The number of nitrogens with one attached hydrogen (secondary N) is 4.